The van der Waals surface area contributed by atoms with Gasteiger partial charge in [0.15, 0.2) is 0 Å². The molecule has 0 bridgehead atoms. The summed E-state index contributed by atoms with van der Waals surface area (Å²) in [5.74, 6) is 1.45. The number of carbonyl (C=O) groups is 1. The van der Waals surface area contributed by atoms with Gasteiger partial charge in [0.2, 0.25) is 5.91 Å². The van der Waals surface area contributed by atoms with Crippen LogP contribution in [0.5, 0.6) is 0 Å². The van der Waals surface area contributed by atoms with Crippen LogP contribution in [-0.2, 0) is 24.3 Å². The smallest absolute Gasteiger partial charge is 0.237 e. The Morgan fingerprint density at radius 3 is 2.53 bits per heavy atom. The van der Waals surface area contributed by atoms with E-state index in [1.54, 1.807) is 11.5 Å². The number of hydrogen-bond acceptors (Lipinski definition) is 6. The van der Waals surface area contributed by atoms with E-state index >= 15 is 0 Å². The molecule has 36 heavy (non-hydrogen) atoms. The molecule has 190 valence electrons. The molecule has 1 aromatic heterocycles. The Bertz CT molecular complexity index is 1200. The van der Waals surface area contributed by atoms with Crippen molar-refractivity contribution < 1.29 is 4.79 Å². The number of nitrogens with zero attached hydrogens (tertiary/aromatic N) is 5. The Labute approximate surface area is 218 Å². The van der Waals surface area contributed by atoms with E-state index in [0.29, 0.717) is 12.5 Å². The van der Waals surface area contributed by atoms with Gasteiger partial charge >= 0.3 is 0 Å². The molecular weight excluding hydrogens is 466 g/mol. The first-order valence-electron chi connectivity index (χ1n) is 13.7. The predicted octanol–water partition coefficient (Wildman–Crippen LogP) is 4.38. The lowest BCUT2D eigenvalue weighted by molar-refractivity contribution is -0.133. The Balaban J connectivity index is 0.954. The maximum atomic E-state index is 12.8. The number of likely N-dealkylation sites (tertiary alicyclic amines) is 1. The van der Waals surface area contributed by atoms with Crippen LogP contribution < -0.4 is 4.90 Å². The lowest BCUT2D eigenvalue weighted by Gasteiger charge is -2.35. The number of aryl methyl sites for hydroxylation is 1. The summed E-state index contributed by atoms with van der Waals surface area (Å²) in [6.45, 7) is 9.75. The Morgan fingerprint density at radius 1 is 0.861 bits per heavy atom. The van der Waals surface area contributed by atoms with Crippen LogP contribution in [0.15, 0.2) is 42.5 Å². The molecule has 2 fully saturated rings. The number of rotatable bonds is 7. The molecular formula is C29H37N5OS. The summed E-state index contributed by atoms with van der Waals surface area (Å²) in [6, 6.07) is 15.5. The SMILES string of the molecule is O=C(CN1CCCCC1)N1Cc2ccc(CCCN3CCN(c4nsc5ccccc45)CC3)cc2C1. The first kappa shape index (κ1) is 23.9. The van der Waals surface area contributed by atoms with Gasteiger partial charge < -0.3 is 9.80 Å². The molecule has 0 unspecified atom stereocenters. The van der Waals surface area contributed by atoms with E-state index in [-0.39, 0.29) is 0 Å². The molecule has 0 aliphatic carbocycles. The second kappa shape index (κ2) is 10.9. The third kappa shape index (κ3) is 5.29. The summed E-state index contributed by atoms with van der Waals surface area (Å²) in [5.41, 5.74) is 4.09. The molecule has 7 heteroatoms. The predicted molar refractivity (Wildman–Crippen MR) is 148 cm³/mol. The highest BCUT2D eigenvalue weighted by Crippen LogP contribution is 2.30. The second-order valence-corrected chi connectivity index (χ2v) is 11.4. The van der Waals surface area contributed by atoms with Gasteiger partial charge in [-0.1, -0.05) is 36.8 Å². The van der Waals surface area contributed by atoms with Crippen LogP contribution in [0, 0.1) is 0 Å². The van der Waals surface area contributed by atoms with Gasteiger partial charge in [0.05, 0.1) is 11.2 Å². The van der Waals surface area contributed by atoms with Crippen molar-refractivity contribution >= 4 is 33.3 Å². The van der Waals surface area contributed by atoms with Crippen molar-refractivity contribution in [2.24, 2.45) is 0 Å². The van der Waals surface area contributed by atoms with Crippen molar-refractivity contribution in [2.75, 3.05) is 57.3 Å². The molecule has 0 atom stereocenters. The molecule has 6 nitrogen and oxygen atoms in total. The Kier molecular flexibility index (Phi) is 7.21. The highest BCUT2D eigenvalue weighted by Gasteiger charge is 2.25. The number of hydrogen-bond donors (Lipinski definition) is 0. The minimum atomic E-state index is 0.291. The number of benzene rings is 2. The average molecular weight is 504 g/mol. The molecule has 6 rings (SSSR count). The van der Waals surface area contributed by atoms with Gasteiger partial charge in [-0.15, -0.1) is 0 Å². The van der Waals surface area contributed by atoms with Crippen LogP contribution in [0.1, 0.15) is 42.4 Å². The van der Waals surface area contributed by atoms with E-state index in [2.05, 4.69) is 57.2 Å². The van der Waals surface area contributed by atoms with Gasteiger partial charge in [0.1, 0.15) is 5.82 Å². The molecule has 0 spiro atoms. The molecule has 3 aliphatic rings. The largest absolute Gasteiger partial charge is 0.353 e. The van der Waals surface area contributed by atoms with Crippen molar-refractivity contribution in [2.45, 2.75) is 45.2 Å². The summed E-state index contributed by atoms with van der Waals surface area (Å²) in [5, 5.41) is 1.29. The van der Waals surface area contributed by atoms with Gasteiger partial charge in [0, 0.05) is 44.7 Å². The molecule has 3 aliphatic heterocycles. The van der Waals surface area contributed by atoms with Crippen LogP contribution in [0.2, 0.25) is 0 Å². The molecule has 1 amide bonds. The van der Waals surface area contributed by atoms with E-state index in [1.165, 1.54) is 52.5 Å². The normalized spacial score (nSPS) is 19.2. The summed E-state index contributed by atoms with van der Waals surface area (Å²) in [4.78, 5) is 22.3. The van der Waals surface area contributed by atoms with Gasteiger partial charge in [0.25, 0.3) is 0 Å². The fraction of sp³-hybridized carbons (Fsp3) is 0.517. The molecule has 0 saturated carbocycles. The van der Waals surface area contributed by atoms with Crippen molar-refractivity contribution in [3.05, 3.63) is 59.2 Å². The monoisotopic (exact) mass is 503 g/mol. The zero-order chi connectivity index (χ0) is 24.3. The van der Waals surface area contributed by atoms with Crippen molar-refractivity contribution in [1.82, 2.24) is 19.1 Å². The van der Waals surface area contributed by atoms with Crippen LogP contribution in [-0.4, -0.2) is 77.3 Å². The van der Waals surface area contributed by atoms with Gasteiger partial charge in [-0.3, -0.25) is 14.6 Å². The van der Waals surface area contributed by atoms with E-state index in [4.69, 9.17) is 4.37 Å². The van der Waals surface area contributed by atoms with Crippen molar-refractivity contribution in [3.63, 3.8) is 0 Å². The topological polar surface area (TPSA) is 42.9 Å². The fourth-order valence-corrected chi connectivity index (χ4v) is 6.77. The van der Waals surface area contributed by atoms with E-state index in [9.17, 15) is 4.79 Å². The average Bonchev–Trinajstić information content (AvgIpc) is 3.54. The third-order valence-corrected chi connectivity index (χ3v) is 8.94. The lowest BCUT2D eigenvalue weighted by Crippen LogP contribution is -2.46. The third-order valence-electron chi connectivity index (χ3n) is 8.12. The lowest BCUT2D eigenvalue weighted by atomic mass is 10.0. The standard InChI is InChI=1S/C29H37N5OS/c35-28(22-32-12-4-1-5-13-32)34-20-24-11-10-23(19-25(24)21-34)7-6-14-31-15-17-33(18-16-31)29-26-8-2-3-9-27(26)36-30-29/h2-3,8-11,19H,1,4-7,12-18,20-22H2. The van der Waals surface area contributed by atoms with Crippen molar-refractivity contribution in [1.29, 1.82) is 0 Å². The maximum Gasteiger partial charge on any atom is 0.237 e. The minimum absolute atomic E-state index is 0.291. The number of anilines is 1. The zero-order valence-electron chi connectivity index (χ0n) is 21.2. The molecule has 3 aromatic rings. The van der Waals surface area contributed by atoms with Crippen LogP contribution in [0.25, 0.3) is 10.1 Å². The van der Waals surface area contributed by atoms with E-state index in [1.807, 2.05) is 4.90 Å². The van der Waals surface area contributed by atoms with E-state index in [0.717, 1.165) is 71.1 Å². The van der Waals surface area contributed by atoms with Gasteiger partial charge in [-0.2, -0.15) is 4.37 Å². The second-order valence-electron chi connectivity index (χ2n) is 10.6. The maximum absolute atomic E-state index is 12.8. The summed E-state index contributed by atoms with van der Waals surface area (Å²) in [7, 11) is 0. The first-order chi connectivity index (χ1) is 17.7. The number of piperidine rings is 1. The van der Waals surface area contributed by atoms with Crippen LogP contribution in [0.4, 0.5) is 5.82 Å². The molecule has 2 aromatic carbocycles. The number of aromatic nitrogens is 1. The first-order valence-corrected chi connectivity index (χ1v) is 14.4. The summed E-state index contributed by atoms with van der Waals surface area (Å²) >= 11 is 1.61. The summed E-state index contributed by atoms with van der Waals surface area (Å²) < 4.78 is 6.02. The Hall–Kier alpha value is -2.48. The highest BCUT2D eigenvalue weighted by atomic mass is 32.1. The fourth-order valence-electron chi connectivity index (χ4n) is 5.98. The van der Waals surface area contributed by atoms with E-state index < -0.39 is 0 Å². The minimum Gasteiger partial charge on any atom is -0.353 e. The molecule has 0 radical (unpaired) electrons. The summed E-state index contributed by atoms with van der Waals surface area (Å²) in [6.07, 6.45) is 6.05. The van der Waals surface area contributed by atoms with Gasteiger partial charge in [-0.05, 0) is 85.7 Å². The van der Waals surface area contributed by atoms with Crippen molar-refractivity contribution in [3.8, 4) is 0 Å². The number of piperazine rings is 1. The quantitative estimate of drug-likeness (QED) is 0.479. The highest BCUT2D eigenvalue weighted by molar-refractivity contribution is 7.13. The number of fused-ring (bicyclic) bond motifs is 2. The molecule has 4 heterocycles. The number of amides is 1. The Morgan fingerprint density at radius 2 is 1.67 bits per heavy atom. The molecule has 2 saturated heterocycles. The number of carbonyl (C=O) groups excluding carboxylic acids is 1. The van der Waals surface area contributed by atoms with Gasteiger partial charge in [-0.25, -0.2) is 0 Å². The van der Waals surface area contributed by atoms with Crippen LogP contribution >= 0.6 is 11.5 Å². The zero-order valence-corrected chi connectivity index (χ0v) is 22.0. The van der Waals surface area contributed by atoms with Crippen LogP contribution in [0.3, 0.4) is 0 Å². The molecule has 0 N–H and O–H groups in total.